The average molecular weight is 244 g/mol. The summed E-state index contributed by atoms with van der Waals surface area (Å²) in [6, 6.07) is 0.666. The lowest BCUT2D eigenvalue weighted by Gasteiger charge is -2.28. The first-order valence-electron chi connectivity index (χ1n) is 6.71. The van der Waals surface area contributed by atoms with E-state index < -0.39 is 0 Å². The van der Waals surface area contributed by atoms with Crippen LogP contribution in [0.25, 0.3) is 0 Å². The highest BCUT2D eigenvalue weighted by atomic mass is 16.5. The van der Waals surface area contributed by atoms with Gasteiger partial charge in [0.1, 0.15) is 0 Å². The van der Waals surface area contributed by atoms with Gasteiger partial charge in [-0.3, -0.25) is 0 Å². The molecule has 4 heteroatoms. The van der Waals surface area contributed by atoms with Crippen molar-refractivity contribution in [3.63, 3.8) is 0 Å². The maximum Gasteiger partial charge on any atom is 0.0593 e. The van der Waals surface area contributed by atoms with Gasteiger partial charge in [-0.25, -0.2) is 0 Å². The fourth-order valence-electron chi connectivity index (χ4n) is 2.19. The highest BCUT2D eigenvalue weighted by Gasteiger charge is 2.19. The quantitative estimate of drug-likeness (QED) is 0.649. The van der Waals surface area contributed by atoms with Crippen LogP contribution in [0.3, 0.4) is 0 Å². The summed E-state index contributed by atoms with van der Waals surface area (Å²) in [5.41, 5.74) is 0. The summed E-state index contributed by atoms with van der Waals surface area (Å²) in [7, 11) is 5.95. The number of likely N-dealkylation sites (N-methyl/N-ethyl adjacent to an activating group) is 1. The highest BCUT2D eigenvalue weighted by Crippen LogP contribution is 2.20. The molecule has 0 aromatic heterocycles. The zero-order chi connectivity index (χ0) is 12.5. The van der Waals surface area contributed by atoms with E-state index >= 15 is 0 Å². The van der Waals surface area contributed by atoms with Crippen LogP contribution in [0.2, 0.25) is 0 Å². The summed E-state index contributed by atoms with van der Waals surface area (Å²) in [5.74, 6) is 0. The molecule has 0 atom stereocenters. The molecule has 0 heterocycles. The van der Waals surface area contributed by atoms with E-state index in [0.29, 0.717) is 12.1 Å². The number of nitrogens with zero attached hydrogens (tertiary/aromatic N) is 1. The summed E-state index contributed by atoms with van der Waals surface area (Å²) >= 11 is 0. The molecule has 1 N–H and O–H groups in total. The first-order valence-corrected chi connectivity index (χ1v) is 6.71. The van der Waals surface area contributed by atoms with Gasteiger partial charge in [0.05, 0.1) is 19.3 Å². The number of ether oxygens (including phenoxy) is 2. The molecule has 0 amide bonds. The van der Waals surface area contributed by atoms with Crippen LogP contribution in [-0.2, 0) is 9.47 Å². The van der Waals surface area contributed by atoms with Crippen LogP contribution in [0.5, 0.6) is 0 Å². The lowest BCUT2D eigenvalue weighted by atomic mass is 9.93. The third-order valence-corrected chi connectivity index (χ3v) is 3.37. The van der Waals surface area contributed by atoms with Crippen molar-refractivity contribution < 1.29 is 9.47 Å². The highest BCUT2D eigenvalue weighted by molar-refractivity contribution is 4.77. The molecule has 0 aliphatic heterocycles. The molecule has 0 saturated heterocycles. The molecule has 1 aliphatic rings. The second-order valence-electron chi connectivity index (χ2n) is 5.08. The molecule has 0 aromatic rings. The van der Waals surface area contributed by atoms with E-state index in [4.69, 9.17) is 9.47 Å². The zero-order valence-electron chi connectivity index (χ0n) is 11.6. The number of hydrogen-bond donors (Lipinski definition) is 1. The van der Waals surface area contributed by atoms with Gasteiger partial charge in [-0.05, 0) is 39.8 Å². The third kappa shape index (κ3) is 6.99. The number of nitrogens with one attached hydrogen (secondary N) is 1. The van der Waals surface area contributed by atoms with E-state index in [1.165, 1.54) is 25.7 Å². The topological polar surface area (TPSA) is 33.7 Å². The first-order chi connectivity index (χ1) is 8.22. The third-order valence-electron chi connectivity index (χ3n) is 3.37. The van der Waals surface area contributed by atoms with Gasteiger partial charge in [-0.1, -0.05) is 0 Å². The predicted molar refractivity (Wildman–Crippen MR) is 70.4 cm³/mol. The van der Waals surface area contributed by atoms with E-state index in [1.54, 1.807) is 0 Å². The van der Waals surface area contributed by atoms with Crippen molar-refractivity contribution in [2.45, 2.75) is 37.8 Å². The molecule has 0 spiro atoms. The minimum atomic E-state index is 0.490. The molecule has 1 saturated carbocycles. The molecule has 1 rings (SSSR count). The van der Waals surface area contributed by atoms with Crippen LogP contribution < -0.4 is 5.32 Å². The second kappa shape index (κ2) is 8.86. The molecule has 102 valence electrons. The average Bonchev–Trinajstić information content (AvgIpc) is 2.34. The van der Waals surface area contributed by atoms with Gasteiger partial charge in [0.15, 0.2) is 0 Å². The largest absolute Gasteiger partial charge is 0.381 e. The summed E-state index contributed by atoms with van der Waals surface area (Å²) in [5, 5.41) is 3.56. The van der Waals surface area contributed by atoms with Crippen molar-refractivity contribution >= 4 is 0 Å². The van der Waals surface area contributed by atoms with Gasteiger partial charge in [0.25, 0.3) is 0 Å². The zero-order valence-corrected chi connectivity index (χ0v) is 11.6. The summed E-state index contributed by atoms with van der Waals surface area (Å²) in [6.07, 6.45) is 5.34. The van der Waals surface area contributed by atoms with Crippen LogP contribution in [0.4, 0.5) is 0 Å². The predicted octanol–water partition coefficient (Wildman–Crippen LogP) is 1.11. The normalized spacial score (nSPS) is 25.4. The van der Waals surface area contributed by atoms with Gasteiger partial charge in [0, 0.05) is 26.2 Å². The number of rotatable bonds is 8. The van der Waals surface area contributed by atoms with Gasteiger partial charge >= 0.3 is 0 Å². The summed E-state index contributed by atoms with van der Waals surface area (Å²) in [6.45, 7) is 3.61. The van der Waals surface area contributed by atoms with E-state index in [9.17, 15) is 0 Å². The summed E-state index contributed by atoms with van der Waals surface area (Å²) < 4.78 is 10.9. The molecular formula is C13H28N2O2. The maximum absolute atomic E-state index is 5.55. The molecule has 1 aliphatic carbocycles. The van der Waals surface area contributed by atoms with Crippen molar-refractivity contribution in [2.75, 3.05) is 47.5 Å². The van der Waals surface area contributed by atoms with Crippen LogP contribution in [0.1, 0.15) is 25.7 Å². The number of methoxy groups -OCH3 is 1. The smallest absolute Gasteiger partial charge is 0.0593 e. The molecule has 17 heavy (non-hydrogen) atoms. The van der Waals surface area contributed by atoms with Gasteiger partial charge in [-0.2, -0.15) is 0 Å². The van der Waals surface area contributed by atoms with Crippen LogP contribution in [-0.4, -0.2) is 64.6 Å². The fourth-order valence-corrected chi connectivity index (χ4v) is 2.19. The van der Waals surface area contributed by atoms with E-state index in [1.807, 2.05) is 7.11 Å². The van der Waals surface area contributed by atoms with Crippen LogP contribution in [0, 0.1) is 0 Å². The van der Waals surface area contributed by atoms with Crippen molar-refractivity contribution in [1.29, 1.82) is 0 Å². The Morgan fingerprint density at radius 2 is 1.82 bits per heavy atom. The van der Waals surface area contributed by atoms with Gasteiger partial charge < -0.3 is 19.7 Å². The Kier molecular flexibility index (Phi) is 7.77. The first kappa shape index (κ1) is 14.9. The lowest BCUT2D eigenvalue weighted by Crippen LogP contribution is -2.37. The van der Waals surface area contributed by atoms with E-state index in [2.05, 4.69) is 24.3 Å². The van der Waals surface area contributed by atoms with Crippen LogP contribution in [0.15, 0.2) is 0 Å². The lowest BCUT2D eigenvalue weighted by molar-refractivity contribution is 0.0603. The Balaban J connectivity index is 1.90. The molecular weight excluding hydrogens is 216 g/mol. The maximum atomic E-state index is 5.55. The van der Waals surface area contributed by atoms with Gasteiger partial charge in [-0.15, -0.1) is 0 Å². The molecule has 1 fully saturated rings. The molecule has 0 unspecified atom stereocenters. The van der Waals surface area contributed by atoms with Crippen molar-refractivity contribution in [1.82, 2.24) is 10.2 Å². The summed E-state index contributed by atoms with van der Waals surface area (Å²) in [4.78, 5) is 2.14. The Morgan fingerprint density at radius 3 is 2.41 bits per heavy atom. The molecule has 0 bridgehead atoms. The number of hydrogen-bond acceptors (Lipinski definition) is 4. The van der Waals surface area contributed by atoms with Gasteiger partial charge in [0.2, 0.25) is 0 Å². The molecule has 0 radical (unpaired) electrons. The minimum absolute atomic E-state index is 0.490. The van der Waals surface area contributed by atoms with E-state index in [0.717, 1.165) is 26.3 Å². The second-order valence-corrected chi connectivity index (χ2v) is 5.08. The Morgan fingerprint density at radius 1 is 1.12 bits per heavy atom. The molecule has 0 aromatic carbocycles. The van der Waals surface area contributed by atoms with Crippen molar-refractivity contribution in [3.8, 4) is 0 Å². The molecule has 4 nitrogen and oxygen atoms in total. The van der Waals surface area contributed by atoms with Crippen molar-refractivity contribution in [3.05, 3.63) is 0 Å². The SMILES string of the molecule is COC1CCC(NCCOCCN(C)C)CC1. The van der Waals surface area contributed by atoms with Crippen LogP contribution >= 0.6 is 0 Å². The Labute approximate surface area is 106 Å². The standard InChI is InChI=1S/C13H28N2O2/c1-15(2)9-11-17-10-8-14-12-4-6-13(16-3)7-5-12/h12-14H,4-11H2,1-3H3. The Bertz CT molecular complexity index is 180. The van der Waals surface area contributed by atoms with E-state index in [-0.39, 0.29) is 0 Å². The van der Waals surface area contributed by atoms with Crippen molar-refractivity contribution in [2.24, 2.45) is 0 Å². The monoisotopic (exact) mass is 244 g/mol. The fraction of sp³-hybridized carbons (Fsp3) is 1.00. The Hall–Kier alpha value is -0.160. The minimum Gasteiger partial charge on any atom is -0.381 e.